The maximum atomic E-state index is 12.7. The minimum Gasteiger partial charge on any atom is -0.310 e. The topological polar surface area (TPSA) is 70.7 Å². The third-order valence-electron chi connectivity index (χ3n) is 3.70. The number of hydrogen-bond donors (Lipinski definition) is 2. The molecular weight excluding hydrogens is 297 g/mol. The van der Waals surface area contributed by atoms with E-state index in [9.17, 15) is 18.0 Å². The smallest absolute Gasteiger partial charge is 0.310 e. The number of aryl methyl sites for hydroxylation is 1. The summed E-state index contributed by atoms with van der Waals surface area (Å²) < 4.78 is 38.0. The first-order chi connectivity index (χ1) is 10.4. The molecule has 0 radical (unpaired) electrons. The lowest BCUT2D eigenvalue weighted by Crippen LogP contribution is -2.24. The van der Waals surface area contributed by atoms with Gasteiger partial charge in [0.15, 0.2) is 0 Å². The summed E-state index contributed by atoms with van der Waals surface area (Å²) in [6.45, 7) is 0. The number of amides is 1. The van der Waals surface area contributed by atoms with E-state index >= 15 is 0 Å². The minimum absolute atomic E-state index is 0.101. The van der Waals surface area contributed by atoms with Crippen LogP contribution in [0.4, 0.5) is 19.0 Å². The zero-order chi connectivity index (χ0) is 15.7. The molecular formula is C14H13F3N4O. The summed E-state index contributed by atoms with van der Waals surface area (Å²) in [7, 11) is 0. The average Bonchev–Trinajstić information content (AvgIpc) is 2.94. The van der Waals surface area contributed by atoms with Gasteiger partial charge in [-0.3, -0.25) is 9.89 Å². The number of pyridine rings is 1. The Hall–Kier alpha value is -2.38. The zero-order valence-corrected chi connectivity index (χ0v) is 11.4. The number of carbonyl (C=O) groups is 1. The molecule has 8 heteroatoms. The van der Waals surface area contributed by atoms with Gasteiger partial charge in [-0.2, -0.15) is 18.3 Å². The SMILES string of the molecule is O=C(Nc1cc(C(F)(F)F)ccn1)[C@@H]1CCCc2[nH]ncc21. The van der Waals surface area contributed by atoms with Crippen LogP contribution in [-0.4, -0.2) is 21.1 Å². The van der Waals surface area contributed by atoms with Gasteiger partial charge in [0.05, 0.1) is 17.7 Å². The van der Waals surface area contributed by atoms with Crippen molar-refractivity contribution in [2.24, 2.45) is 0 Å². The van der Waals surface area contributed by atoms with Crippen molar-refractivity contribution in [1.29, 1.82) is 0 Å². The second-order valence-corrected chi connectivity index (χ2v) is 5.17. The van der Waals surface area contributed by atoms with Crippen molar-refractivity contribution < 1.29 is 18.0 Å². The van der Waals surface area contributed by atoms with Crippen LogP contribution in [0.15, 0.2) is 24.5 Å². The maximum absolute atomic E-state index is 12.7. The van der Waals surface area contributed by atoms with Crippen molar-refractivity contribution in [2.75, 3.05) is 5.32 Å². The van der Waals surface area contributed by atoms with Crippen molar-refractivity contribution >= 4 is 11.7 Å². The summed E-state index contributed by atoms with van der Waals surface area (Å²) in [6, 6.07) is 1.70. The molecule has 2 N–H and O–H groups in total. The molecule has 0 aliphatic heterocycles. The van der Waals surface area contributed by atoms with Gasteiger partial charge in [-0.05, 0) is 31.4 Å². The molecule has 22 heavy (non-hydrogen) atoms. The molecule has 3 rings (SSSR count). The fraction of sp³-hybridized carbons (Fsp3) is 0.357. The average molecular weight is 310 g/mol. The number of alkyl halides is 3. The Kier molecular flexibility index (Phi) is 3.59. The largest absolute Gasteiger partial charge is 0.416 e. The number of carbonyl (C=O) groups excluding carboxylic acids is 1. The Balaban J connectivity index is 1.79. The van der Waals surface area contributed by atoms with Crippen LogP contribution in [0.1, 0.15) is 35.6 Å². The Bertz CT molecular complexity index is 695. The first-order valence-electron chi connectivity index (χ1n) is 6.81. The van der Waals surface area contributed by atoms with E-state index in [1.165, 1.54) is 0 Å². The number of nitrogens with zero attached hydrogens (tertiary/aromatic N) is 2. The van der Waals surface area contributed by atoms with Gasteiger partial charge in [-0.15, -0.1) is 0 Å². The highest BCUT2D eigenvalue weighted by atomic mass is 19.4. The molecule has 116 valence electrons. The minimum atomic E-state index is -4.47. The summed E-state index contributed by atoms with van der Waals surface area (Å²) in [6.07, 6.45) is 0.438. The van der Waals surface area contributed by atoms with Crippen molar-refractivity contribution in [3.05, 3.63) is 41.3 Å². The third kappa shape index (κ3) is 2.81. The van der Waals surface area contributed by atoms with E-state index in [2.05, 4.69) is 20.5 Å². The van der Waals surface area contributed by atoms with Crippen molar-refractivity contribution in [2.45, 2.75) is 31.4 Å². The number of rotatable bonds is 2. The second-order valence-electron chi connectivity index (χ2n) is 5.17. The van der Waals surface area contributed by atoms with Gasteiger partial charge in [-0.25, -0.2) is 4.98 Å². The molecule has 0 spiro atoms. The lowest BCUT2D eigenvalue weighted by atomic mass is 9.86. The molecule has 5 nitrogen and oxygen atoms in total. The maximum Gasteiger partial charge on any atom is 0.416 e. The first kappa shape index (κ1) is 14.6. The molecule has 0 aromatic carbocycles. The molecule has 1 aliphatic carbocycles. The molecule has 1 atom stereocenters. The zero-order valence-electron chi connectivity index (χ0n) is 11.4. The predicted octanol–water partition coefficient (Wildman–Crippen LogP) is 2.88. The first-order valence-corrected chi connectivity index (χ1v) is 6.81. The van der Waals surface area contributed by atoms with E-state index in [1.807, 2.05) is 0 Å². The molecule has 2 aromatic heterocycles. The van der Waals surface area contributed by atoms with Crippen LogP contribution in [0.3, 0.4) is 0 Å². The van der Waals surface area contributed by atoms with Crippen LogP contribution in [0.25, 0.3) is 0 Å². The lowest BCUT2D eigenvalue weighted by molar-refractivity contribution is -0.137. The summed E-state index contributed by atoms with van der Waals surface area (Å²) in [4.78, 5) is 16.1. The Morgan fingerprint density at radius 1 is 1.41 bits per heavy atom. The highest BCUT2D eigenvalue weighted by molar-refractivity contribution is 5.95. The predicted molar refractivity (Wildman–Crippen MR) is 72.1 cm³/mol. The quantitative estimate of drug-likeness (QED) is 0.896. The van der Waals surface area contributed by atoms with Crippen LogP contribution in [0.5, 0.6) is 0 Å². The second kappa shape index (κ2) is 5.43. The molecule has 2 aromatic rings. The molecule has 2 heterocycles. The van der Waals surface area contributed by atoms with E-state index in [0.717, 1.165) is 42.4 Å². The van der Waals surface area contributed by atoms with Crippen LogP contribution >= 0.6 is 0 Å². The summed E-state index contributed by atoms with van der Waals surface area (Å²) in [5.41, 5.74) is 0.865. The van der Waals surface area contributed by atoms with Gasteiger partial charge in [-0.1, -0.05) is 0 Å². The van der Waals surface area contributed by atoms with Gasteiger partial charge in [0.25, 0.3) is 0 Å². The van der Waals surface area contributed by atoms with Crippen molar-refractivity contribution in [1.82, 2.24) is 15.2 Å². The molecule has 0 saturated carbocycles. The molecule has 0 fully saturated rings. The fourth-order valence-electron chi connectivity index (χ4n) is 2.62. The number of anilines is 1. The lowest BCUT2D eigenvalue weighted by Gasteiger charge is -2.21. The van der Waals surface area contributed by atoms with E-state index in [4.69, 9.17) is 0 Å². The number of halogens is 3. The van der Waals surface area contributed by atoms with E-state index < -0.39 is 17.7 Å². The number of aromatic amines is 1. The van der Waals surface area contributed by atoms with Crippen LogP contribution < -0.4 is 5.32 Å². The van der Waals surface area contributed by atoms with E-state index in [1.54, 1.807) is 6.20 Å². The number of nitrogens with one attached hydrogen (secondary N) is 2. The number of hydrogen-bond acceptors (Lipinski definition) is 3. The third-order valence-corrected chi connectivity index (χ3v) is 3.70. The Morgan fingerprint density at radius 3 is 3.00 bits per heavy atom. The summed E-state index contributed by atoms with van der Waals surface area (Å²) in [5, 5.41) is 9.22. The summed E-state index contributed by atoms with van der Waals surface area (Å²) >= 11 is 0. The monoisotopic (exact) mass is 310 g/mol. The number of aromatic nitrogens is 3. The van der Waals surface area contributed by atoms with Gasteiger partial charge in [0.1, 0.15) is 5.82 Å². The highest BCUT2D eigenvalue weighted by Crippen LogP contribution is 2.32. The molecule has 1 amide bonds. The number of H-pyrrole nitrogens is 1. The fourth-order valence-corrected chi connectivity index (χ4v) is 2.62. The van der Waals surface area contributed by atoms with Crippen molar-refractivity contribution in [3.8, 4) is 0 Å². The van der Waals surface area contributed by atoms with Gasteiger partial charge < -0.3 is 5.32 Å². The van der Waals surface area contributed by atoms with E-state index in [-0.39, 0.29) is 11.7 Å². The summed E-state index contributed by atoms with van der Waals surface area (Å²) in [5.74, 6) is -0.886. The Labute approximate surface area is 123 Å². The highest BCUT2D eigenvalue weighted by Gasteiger charge is 2.32. The molecule has 1 aliphatic rings. The number of fused-ring (bicyclic) bond motifs is 1. The van der Waals surface area contributed by atoms with E-state index in [0.29, 0.717) is 6.42 Å². The molecule has 0 unspecified atom stereocenters. The standard InChI is InChI=1S/C14H13F3N4O/c15-14(16,17)8-4-5-18-12(6-8)20-13(22)9-2-1-3-11-10(9)7-19-21-11/h4-7,9H,1-3H2,(H,19,21)(H,18,20,22)/t9-/m1/s1. The normalized spacial score (nSPS) is 17.9. The van der Waals surface area contributed by atoms with Gasteiger partial charge >= 0.3 is 6.18 Å². The van der Waals surface area contributed by atoms with Crippen LogP contribution in [0, 0.1) is 0 Å². The van der Waals surface area contributed by atoms with Crippen LogP contribution in [-0.2, 0) is 17.4 Å². The van der Waals surface area contributed by atoms with Crippen molar-refractivity contribution in [3.63, 3.8) is 0 Å². The van der Waals surface area contributed by atoms with Gasteiger partial charge in [0, 0.05) is 17.5 Å². The van der Waals surface area contributed by atoms with Gasteiger partial charge in [0.2, 0.25) is 5.91 Å². The molecule has 0 bridgehead atoms. The Morgan fingerprint density at radius 2 is 2.23 bits per heavy atom. The molecule has 0 saturated heterocycles. The van der Waals surface area contributed by atoms with Crippen LogP contribution in [0.2, 0.25) is 0 Å².